The molecule has 0 bridgehead atoms. The number of rotatable bonds is 5. The highest BCUT2D eigenvalue weighted by molar-refractivity contribution is 5.70. The van der Waals surface area contributed by atoms with Crippen molar-refractivity contribution in [2.24, 2.45) is 5.92 Å². The number of nitrogens with one attached hydrogen (secondary N) is 1. The van der Waals surface area contributed by atoms with Gasteiger partial charge in [-0.15, -0.1) is 0 Å². The van der Waals surface area contributed by atoms with E-state index in [-0.39, 0.29) is 12.1 Å². The summed E-state index contributed by atoms with van der Waals surface area (Å²) in [5.74, 6) is -0.386. The number of aliphatic carboxylic acids is 1. The predicted octanol–water partition coefficient (Wildman–Crippen LogP) is 2.04. The quantitative estimate of drug-likeness (QED) is 0.782. The summed E-state index contributed by atoms with van der Waals surface area (Å²) < 4.78 is 5.23. The van der Waals surface area contributed by atoms with Gasteiger partial charge in [-0.05, 0) is 26.0 Å². The summed E-state index contributed by atoms with van der Waals surface area (Å²) in [5, 5.41) is 12.0. The van der Waals surface area contributed by atoms with Crippen molar-refractivity contribution in [3.63, 3.8) is 0 Å². The number of furan rings is 1. The van der Waals surface area contributed by atoms with Crippen LogP contribution in [0.3, 0.4) is 0 Å². The lowest BCUT2D eigenvalue weighted by Gasteiger charge is -2.21. The van der Waals surface area contributed by atoms with E-state index < -0.39 is 11.9 Å². The van der Waals surface area contributed by atoms with Crippen molar-refractivity contribution in [2.75, 3.05) is 0 Å². The minimum absolute atomic E-state index is 0.0248. The molecule has 0 aliphatic rings. The van der Waals surface area contributed by atoms with Crippen molar-refractivity contribution < 1.29 is 14.3 Å². The van der Waals surface area contributed by atoms with Gasteiger partial charge in [0.2, 0.25) is 0 Å². The first-order chi connectivity index (χ1) is 7.02. The lowest BCUT2D eigenvalue weighted by Crippen LogP contribution is -2.37. The first kappa shape index (κ1) is 11.8. The summed E-state index contributed by atoms with van der Waals surface area (Å²) in [6.45, 7) is 5.50. The van der Waals surface area contributed by atoms with E-state index in [4.69, 9.17) is 9.52 Å². The molecule has 0 aliphatic carbocycles. The zero-order chi connectivity index (χ0) is 11.4. The Morgan fingerprint density at radius 3 is 2.60 bits per heavy atom. The summed E-state index contributed by atoms with van der Waals surface area (Å²) in [6.07, 6.45) is 1.61. The molecule has 2 N–H and O–H groups in total. The standard InChI is InChI=1S/C11H17NO3/c1-7(11(13)14)8(2)12-9(3)10-5-4-6-15-10/h4-9,12H,1-3H3,(H,13,14). The van der Waals surface area contributed by atoms with E-state index in [1.807, 2.05) is 26.0 Å². The average Bonchev–Trinajstić information content (AvgIpc) is 2.68. The van der Waals surface area contributed by atoms with Crippen LogP contribution in [0.1, 0.15) is 32.6 Å². The van der Waals surface area contributed by atoms with Gasteiger partial charge in [0.15, 0.2) is 0 Å². The van der Waals surface area contributed by atoms with Crippen molar-refractivity contribution in [3.8, 4) is 0 Å². The molecule has 0 aromatic carbocycles. The van der Waals surface area contributed by atoms with Gasteiger partial charge >= 0.3 is 5.97 Å². The number of hydrogen-bond acceptors (Lipinski definition) is 3. The molecule has 3 atom stereocenters. The molecule has 1 heterocycles. The number of carboxylic acids is 1. The van der Waals surface area contributed by atoms with Gasteiger partial charge in [0.05, 0.1) is 18.2 Å². The molecule has 0 saturated carbocycles. The molecule has 0 radical (unpaired) electrons. The largest absolute Gasteiger partial charge is 0.481 e. The molecular weight excluding hydrogens is 194 g/mol. The van der Waals surface area contributed by atoms with Crippen LogP contribution in [-0.4, -0.2) is 17.1 Å². The third-order valence-corrected chi connectivity index (χ3v) is 2.62. The SMILES string of the molecule is CC(NC(C)C(C)C(=O)O)c1ccco1. The molecule has 4 heteroatoms. The van der Waals surface area contributed by atoms with Crippen molar-refractivity contribution in [2.45, 2.75) is 32.9 Å². The first-order valence-electron chi connectivity index (χ1n) is 5.04. The smallest absolute Gasteiger partial charge is 0.307 e. The van der Waals surface area contributed by atoms with Crippen LogP contribution in [-0.2, 0) is 4.79 Å². The molecule has 3 unspecified atom stereocenters. The molecule has 15 heavy (non-hydrogen) atoms. The van der Waals surface area contributed by atoms with Crippen molar-refractivity contribution >= 4 is 5.97 Å². The Morgan fingerprint density at radius 1 is 1.47 bits per heavy atom. The Morgan fingerprint density at radius 2 is 2.13 bits per heavy atom. The molecular formula is C11H17NO3. The van der Waals surface area contributed by atoms with Gasteiger partial charge < -0.3 is 14.8 Å². The predicted molar refractivity (Wildman–Crippen MR) is 56.5 cm³/mol. The third-order valence-electron chi connectivity index (χ3n) is 2.62. The lowest BCUT2D eigenvalue weighted by molar-refractivity contribution is -0.142. The maximum absolute atomic E-state index is 10.7. The second-order valence-electron chi connectivity index (χ2n) is 3.82. The average molecular weight is 211 g/mol. The van der Waals surface area contributed by atoms with E-state index in [0.29, 0.717) is 0 Å². The zero-order valence-corrected chi connectivity index (χ0v) is 9.23. The fourth-order valence-corrected chi connectivity index (χ4v) is 1.37. The molecule has 0 fully saturated rings. The highest BCUT2D eigenvalue weighted by Gasteiger charge is 2.21. The van der Waals surface area contributed by atoms with Crippen LogP contribution in [0, 0.1) is 5.92 Å². The maximum atomic E-state index is 10.7. The second kappa shape index (κ2) is 4.98. The summed E-state index contributed by atoms with van der Waals surface area (Å²) >= 11 is 0. The Labute approximate surface area is 89.3 Å². The molecule has 0 spiro atoms. The van der Waals surface area contributed by atoms with Gasteiger partial charge in [0, 0.05) is 6.04 Å². The van der Waals surface area contributed by atoms with Crippen LogP contribution in [0.15, 0.2) is 22.8 Å². The lowest BCUT2D eigenvalue weighted by atomic mass is 10.0. The number of carbonyl (C=O) groups is 1. The van der Waals surface area contributed by atoms with Gasteiger partial charge in [-0.25, -0.2) is 0 Å². The van der Waals surface area contributed by atoms with E-state index in [9.17, 15) is 4.79 Å². The van der Waals surface area contributed by atoms with Crippen molar-refractivity contribution in [3.05, 3.63) is 24.2 Å². The molecule has 0 aliphatic heterocycles. The first-order valence-corrected chi connectivity index (χ1v) is 5.04. The number of carboxylic acid groups (broad SMARTS) is 1. The Hall–Kier alpha value is -1.29. The molecule has 1 aromatic heterocycles. The summed E-state index contributed by atoms with van der Waals surface area (Å²) in [7, 11) is 0. The van der Waals surface area contributed by atoms with Crippen LogP contribution in [0.4, 0.5) is 0 Å². The van der Waals surface area contributed by atoms with Crippen LogP contribution >= 0.6 is 0 Å². The minimum atomic E-state index is -0.790. The Balaban J connectivity index is 2.51. The van der Waals surface area contributed by atoms with Crippen LogP contribution in [0.25, 0.3) is 0 Å². The third kappa shape index (κ3) is 3.09. The highest BCUT2D eigenvalue weighted by Crippen LogP contribution is 2.15. The van der Waals surface area contributed by atoms with E-state index in [1.165, 1.54) is 0 Å². The van der Waals surface area contributed by atoms with Gasteiger partial charge in [-0.3, -0.25) is 4.79 Å². The van der Waals surface area contributed by atoms with Crippen LogP contribution < -0.4 is 5.32 Å². The van der Waals surface area contributed by atoms with E-state index in [1.54, 1.807) is 13.2 Å². The Bertz CT molecular complexity index is 308. The monoisotopic (exact) mass is 211 g/mol. The maximum Gasteiger partial charge on any atom is 0.307 e. The van der Waals surface area contributed by atoms with E-state index in [0.717, 1.165) is 5.76 Å². The summed E-state index contributed by atoms with van der Waals surface area (Å²) in [4.78, 5) is 10.7. The molecule has 1 rings (SSSR count). The molecule has 84 valence electrons. The summed E-state index contributed by atoms with van der Waals surface area (Å²) in [6, 6.07) is 3.62. The van der Waals surface area contributed by atoms with E-state index in [2.05, 4.69) is 5.32 Å². The van der Waals surface area contributed by atoms with Gasteiger partial charge in [-0.1, -0.05) is 6.92 Å². The molecule has 4 nitrogen and oxygen atoms in total. The van der Waals surface area contributed by atoms with E-state index >= 15 is 0 Å². The van der Waals surface area contributed by atoms with Crippen LogP contribution in [0.2, 0.25) is 0 Å². The van der Waals surface area contributed by atoms with Crippen molar-refractivity contribution in [1.29, 1.82) is 0 Å². The normalized spacial score (nSPS) is 17.0. The fourth-order valence-electron chi connectivity index (χ4n) is 1.37. The zero-order valence-electron chi connectivity index (χ0n) is 9.23. The fraction of sp³-hybridized carbons (Fsp3) is 0.545. The summed E-state index contributed by atoms with van der Waals surface area (Å²) in [5.41, 5.74) is 0. The molecule has 0 amide bonds. The highest BCUT2D eigenvalue weighted by atomic mass is 16.4. The Kier molecular flexibility index (Phi) is 3.91. The molecule has 0 saturated heterocycles. The topological polar surface area (TPSA) is 62.5 Å². The van der Waals surface area contributed by atoms with Crippen molar-refractivity contribution in [1.82, 2.24) is 5.32 Å². The number of hydrogen-bond donors (Lipinski definition) is 2. The van der Waals surface area contributed by atoms with Gasteiger partial charge in [0.25, 0.3) is 0 Å². The second-order valence-corrected chi connectivity index (χ2v) is 3.82. The minimum Gasteiger partial charge on any atom is -0.481 e. The van der Waals surface area contributed by atoms with Gasteiger partial charge in [-0.2, -0.15) is 0 Å². The van der Waals surface area contributed by atoms with Crippen LogP contribution in [0.5, 0.6) is 0 Å². The van der Waals surface area contributed by atoms with Gasteiger partial charge in [0.1, 0.15) is 5.76 Å². The molecule has 1 aromatic rings.